The molecule has 3 rings (SSSR count). The minimum atomic E-state index is -1.22. The zero-order valence-electron chi connectivity index (χ0n) is 13.5. The average molecular weight is 379 g/mol. The largest absolute Gasteiger partial charge is 0.478 e. The van der Waals surface area contributed by atoms with Gasteiger partial charge in [0.25, 0.3) is 5.91 Å². The third kappa shape index (κ3) is 3.52. The van der Waals surface area contributed by atoms with Crippen molar-refractivity contribution in [1.29, 1.82) is 0 Å². The van der Waals surface area contributed by atoms with Gasteiger partial charge in [-0.25, -0.2) is 13.8 Å². The van der Waals surface area contributed by atoms with Crippen LogP contribution < -0.4 is 10.5 Å². The van der Waals surface area contributed by atoms with Crippen LogP contribution in [-0.4, -0.2) is 10.9 Å². The standard InChI is InChI=1S/C18H13ClF2N2O3/c1-9(26-14-7-6-12(20)15(16(14)21)17(22)24)18-23-13(8-25-18)10-2-4-11(19)5-3-10/h2-9H,1H3,(H2,22,24). The highest BCUT2D eigenvalue weighted by atomic mass is 35.5. The Hall–Kier alpha value is -2.93. The first kappa shape index (κ1) is 17.9. The maximum atomic E-state index is 14.2. The summed E-state index contributed by atoms with van der Waals surface area (Å²) in [5, 5.41) is 0.589. The molecule has 0 radical (unpaired) electrons. The van der Waals surface area contributed by atoms with Crippen molar-refractivity contribution in [2.45, 2.75) is 13.0 Å². The zero-order chi connectivity index (χ0) is 18.8. The van der Waals surface area contributed by atoms with E-state index in [-0.39, 0.29) is 11.6 Å². The second kappa shape index (κ2) is 7.13. The number of amides is 1. The molecule has 2 aromatic carbocycles. The topological polar surface area (TPSA) is 78.4 Å². The monoisotopic (exact) mass is 378 g/mol. The summed E-state index contributed by atoms with van der Waals surface area (Å²) in [7, 11) is 0. The van der Waals surface area contributed by atoms with E-state index in [0.717, 1.165) is 17.7 Å². The summed E-state index contributed by atoms with van der Waals surface area (Å²) in [6.07, 6.45) is 0.630. The van der Waals surface area contributed by atoms with Gasteiger partial charge in [-0.05, 0) is 31.2 Å². The van der Waals surface area contributed by atoms with Crippen LogP contribution in [-0.2, 0) is 0 Å². The number of primary amides is 1. The maximum absolute atomic E-state index is 14.2. The fraction of sp³-hybridized carbons (Fsp3) is 0.111. The maximum Gasteiger partial charge on any atom is 0.254 e. The Morgan fingerprint density at radius 1 is 1.23 bits per heavy atom. The third-order valence-electron chi connectivity index (χ3n) is 3.62. The highest BCUT2D eigenvalue weighted by molar-refractivity contribution is 6.30. The molecule has 1 heterocycles. The number of rotatable bonds is 5. The van der Waals surface area contributed by atoms with Gasteiger partial charge in [-0.3, -0.25) is 4.79 Å². The number of nitrogens with two attached hydrogens (primary N) is 1. The van der Waals surface area contributed by atoms with Crippen molar-refractivity contribution in [2.75, 3.05) is 0 Å². The van der Waals surface area contributed by atoms with Gasteiger partial charge in [-0.2, -0.15) is 0 Å². The fourth-order valence-electron chi connectivity index (χ4n) is 2.32. The number of ether oxygens (including phenoxy) is 1. The Morgan fingerprint density at radius 3 is 2.58 bits per heavy atom. The van der Waals surface area contributed by atoms with E-state index in [1.807, 2.05) is 0 Å². The molecule has 0 bridgehead atoms. The third-order valence-corrected chi connectivity index (χ3v) is 3.87. The average Bonchev–Trinajstić information content (AvgIpc) is 3.08. The van der Waals surface area contributed by atoms with Crippen LogP contribution in [0.25, 0.3) is 11.3 Å². The van der Waals surface area contributed by atoms with Crippen LogP contribution in [0.5, 0.6) is 5.75 Å². The summed E-state index contributed by atoms with van der Waals surface area (Å²) in [5.74, 6) is -3.61. The molecule has 1 atom stereocenters. The molecule has 1 unspecified atom stereocenters. The van der Waals surface area contributed by atoms with E-state index in [0.29, 0.717) is 10.7 Å². The van der Waals surface area contributed by atoms with E-state index in [4.69, 9.17) is 26.5 Å². The van der Waals surface area contributed by atoms with Gasteiger partial charge in [0.2, 0.25) is 5.89 Å². The number of hydrogen-bond acceptors (Lipinski definition) is 4. The second-order valence-corrected chi connectivity index (χ2v) is 5.87. The first-order valence-corrected chi connectivity index (χ1v) is 7.90. The SMILES string of the molecule is CC(Oc1ccc(F)c(C(N)=O)c1F)c1nc(-c2ccc(Cl)cc2)co1. The Morgan fingerprint density at radius 2 is 1.92 bits per heavy atom. The van der Waals surface area contributed by atoms with Crippen LogP contribution in [0.2, 0.25) is 5.02 Å². The van der Waals surface area contributed by atoms with Gasteiger partial charge >= 0.3 is 0 Å². The summed E-state index contributed by atoms with van der Waals surface area (Å²) in [6, 6.07) is 8.94. The Labute approximate surface area is 152 Å². The molecule has 0 saturated carbocycles. The molecule has 1 aromatic heterocycles. The van der Waals surface area contributed by atoms with Crippen molar-refractivity contribution >= 4 is 17.5 Å². The van der Waals surface area contributed by atoms with Crippen LogP contribution in [0.4, 0.5) is 8.78 Å². The van der Waals surface area contributed by atoms with Crippen LogP contribution in [0.1, 0.15) is 29.3 Å². The lowest BCUT2D eigenvalue weighted by atomic mass is 10.1. The van der Waals surface area contributed by atoms with E-state index < -0.39 is 29.2 Å². The lowest BCUT2D eigenvalue weighted by molar-refractivity contribution is 0.0989. The Balaban J connectivity index is 1.83. The second-order valence-electron chi connectivity index (χ2n) is 5.44. The summed E-state index contributed by atoms with van der Waals surface area (Å²) in [5.41, 5.74) is 5.46. The van der Waals surface area contributed by atoms with E-state index in [9.17, 15) is 13.6 Å². The van der Waals surface area contributed by atoms with E-state index in [1.54, 1.807) is 31.2 Å². The van der Waals surface area contributed by atoms with Crippen LogP contribution in [0.15, 0.2) is 47.1 Å². The highest BCUT2D eigenvalue weighted by Gasteiger charge is 2.22. The fourth-order valence-corrected chi connectivity index (χ4v) is 2.44. The first-order valence-electron chi connectivity index (χ1n) is 7.52. The number of oxazole rings is 1. The number of nitrogens with zero attached hydrogens (tertiary/aromatic N) is 1. The van der Waals surface area contributed by atoms with Gasteiger partial charge in [-0.1, -0.05) is 23.7 Å². The van der Waals surface area contributed by atoms with Crippen LogP contribution in [0, 0.1) is 11.6 Å². The van der Waals surface area contributed by atoms with Gasteiger partial charge in [0, 0.05) is 10.6 Å². The smallest absolute Gasteiger partial charge is 0.254 e. The predicted octanol–water partition coefficient (Wildman–Crippen LogP) is 4.51. The van der Waals surface area contributed by atoms with Crippen molar-refractivity contribution in [3.8, 4) is 17.0 Å². The van der Waals surface area contributed by atoms with E-state index in [1.165, 1.54) is 6.26 Å². The minimum Gasteiger partial charge on any atom is -0.478 e. The van der Waals surface area contributed by atoms with Gasteiger partial charge in [0.1, 0.15) is 23.3 Å². The minimum absolute atomic E-state index is 0.180. The molecule has 0 aliphatic rings. The van der Waals surface area contributed by atoms with E-state index in [2.05, 4.69) is 4.98 Å². The molecule has 3 aromatic rings. The number of aromatic nitrogens is 1. The van der Waals surface area contributed by atoms with Gasteiger partial charge in [-0.15, -0.1) is 0 Å². The van der Waals surface area contributed by atoms with Crippen LogP contribution in [0.3, 0.4) is 0 Å². The highest BCUT2D eigenvalue weighted by Crippen LogP contribution is 2.29. The molecule has 0 fully saturated rings. The Bertz CT molecular complexity index is 958. The summed E-state index contributed by atoms with van der Waals surface area (Å²) < 4.78 is 38.5. The predicted molar refractivity (Wildman–Crippen MR) is 90.9 cm³/mol. The summed E-state index contributed by atoms with van der Waals surface area (Å²) >= 11 is 5.85. The van der Waals surface area contributed by atoms with Crippen molar-refractivity contribution < 1.29 is 22.7 Å². The number of benzene rings is 2. The van der Waals surface area contributed by atoms with Gasteiger partial charge in [0.15, 0.2) is 17.7 Å². The zero-order valence-corrected chi connectivity index (χ0v) is 14.3. The molecule has 26 heavy (non-hydrogen) atoms. The molecule has 8 heteroatoms. The number of hydrogen-bond donors (Lipinski definition) is 1. The first-order chi connectivity index (χ1) is 12.4. The number of carbonyl (C=O) groups is 1. The number of halogens is 3. The molecule has 5 nitrogen and oxygen atoms in total. The molecule has 1 amide bonds. The van der Waals surface area contributed by atoms with Crippen molar-refractivity contribution in [3.63, 3.8) is 0 Å². The molecule has 0 aliphatic heterocycles. The molecular weight excluding hydrogens is 366 g/mol. The normalized spacial score (nSPS) is 12.0. The summed E-state index contributed by atoms with van der Waals surface area (Å²) in [4.78, 5) is 15.5. The summed E-state index contributed by atoms with van der Waals surface area (Å²) in [6.45, 7) is 1.57. The van der Waals surface area contributed by atoms with E-state index >= 15 is 0 Å². The lowest BCUT2D eigenvalue weighted by Crippen LogP contribution is -2.16. The Kier molecular flexibility index (Phi) is 4.90. The van der Waals surface area contributed by atoms with Gasteiger partial charge < -0.3 is 14.9 Å². The molecule has 2 N–H and O–H groups in total. The van der Waals surface area contributed by atoms with Crippen molar-refractivity contribution in [3.05, 3.63) is 70.8 Å². The molecular formula is C18H13ClF2N2O3. The molecule has 0 spiro atoms. The molecule has 0 aliphatic carbocycles. The van der Waals surface area contributed by atoms with Gasteiger partial charge in [0.05, 0.1) is 0 Å². The van der Waals surface area contributed by atoms with Crippen molar-refractivity contribution in [2.24, 2.45) is 5.73 Å². The molecule has 0 saturated heterocycles. The molecule has 134 valence electrons. The quantitative estimate of drug-likeness (QED) is 0.708. The number of carbonyl (C=O) groups excluding carboxylic acids is 1. The lowest BCUT2D eigenvalue weighted by Gasteiger charge is -2.13. The van der Waals surface area contributed by atoms with Crippen molar-refractivity contribution in [1.82, 2.24) is 4.98 Å². The van der Waals surface area contributed by atoms with Crippen LogP contribution >= 0.6 is 11.6 Å².